The molecule has 0 spiro atoms. The van der Waals surface area contributed by atoms with Gasteiger partial charge in [0.05, 0.1) is 12.3 Å². The Bertz CT molecular complexity index is 469. The van der Waals surface area contributed by atoms with Crippen molar-refractivity contribution in [1.29, 1.82) is 0 Å². The van der Waals surface area contributed by atoms with Gasteiger partial charge in [0.1, 0.15) is 5.60 Å². The summed E-state index contributed by atoms with van der Waals surface area (Å²) in [4.78, 5) is 18.2. The van der Waals surface area contributed by atoms with Gasteiger partial charge in [-0.05, 0) is 39.3 Å². The van der Waals surface area contributed by atoms with Crippen LogP contribution in [0.1, 0.15) is 32.0 Å². The number of carbonyl (C=O) groups excluding carboxylic acids is 1. The Kier molecular flexibility index (Phi) is 7.98. The van der Waals surface area contributed by atoms with Crippen LogP contribution in [0.5, 0.6) is 0 Å². The van der Waals surface area contributed by atoms with Crippen molar-refractivity contribution >= 4 is 6.09 Å². The van der Waals surface area contributed by atoms with Crippen LogP contribution in [-0.4, -0.2) is 54.9 Å². The molecule has 1 amide bonds. The maximum absolute atomic E-state index is 12.2. The molecule has 1 aromatic rings. The highest BCUT2D eigenvalue weighted by Crippen LogP contribution is 2.09. The highest BCUT2D eigenvalue weighted by atomic mass is 16.6. The molecule has 0 fully saturated rings. The van der Waals surface area contributed by atoms with Gasteiger partial charge in [-0.2, -0.15) is 0 Å². The summed E-state index contributed by atoms with van der Waals surface area (Å²) in [6.07, 6.45) is 1.53. The number of aryl methyl sites for hydroxylation is 1. The van der Waals surface area contributed by atoms with Gasteiger partial charge in [-0.25, -0.2) is 4.79 Å². The van der Waals surface area contributed by atoms with Gasteiger partial charge in [-0.1, -0.05) is 6.07 Å². The van der Waals surface area contributed by atoms with E-state index in [4.69, 9.17) is 9.47 Å². The van der Waals surface area contributed by atoms with E-state index >= 15 is 0 Å². The lowest BCUT2D eigenvalue weighted by atomic mass is 10.2. The first-order chi connectivity index (χ1) is 10.8. The molecule has 1 aromatic heterocycles. The average Bonchev–Trinajstić information content (AvgIpc) is 2.46. The maximum Gasteiger partial charge on any atom is 0.410 e. The number of amides is 1. The summed E-state index contributed by atoms with van der Waals surface area (Å²) in [5.41, 5.74) is 1.63. The van der Waals surface area contributed by atoms with E-state index in [0.717, 1.165) is 11.3 Å². The van der Waals surface area contributed by atoms with E-state index in [-0.39, 0.29) is 6.09 Å². The van der Waals surface area contributed by atoms with Crippen LogP contribution in [0.3, 0.4) is 0 Å². The molecule has 6 heteroatoms. The number of carbonyl (C=O) groups is 1. The van der Waals surface area contributed by atoms with Crippen molar-refractivity contribution in [3.05, 3.63) is 29.6 Å². The third-order valence-electron chi connectivity index (χ3n) is 3.05. The zero-order chi connectivity index (χ0) is 17.3. The number of nitrogens with one attached hydrogen (secondary N) is 1. The predicted octanol–water partition coefficient (Wildman–Crippen LogP) is 2.36. The highest BCUT2D eigenvalue weighted by Gasteiger charge is 2.21. The van der Waals surface area contributed by atoms with Crippen molar-refractivity contribution in [3.63, 3.8) is 0 Å². The average molecular weight is 323 g/mol. The van der Waals surface area contributed by atoms with E-state index in [1.807, 2.05) is 46.0 Å². The van der Waals surface area contributed by atoms with Gasteiger partial charge in [0.2, 0.25) is 0 Å². The molecule has 0 atom stereocenters. The molecule has 0 radical (unpaired) electrons. The normalized spacial score (nSPS) is 11.3. The summed E-state index contributed by atoms with van der Waals surface area (Å²) in [7, 11) is 1.62. The summed E-state index contributed by atoms with van der Waals surface area (Å²) in [5.74, 6) is 0. The van der Waals surface area contributed by atoms with Crippen molar-refractivity contribution < 1.29 is 14.3 Å². The van der Waals surface area contributed by atoms with Gasteiger partial charge in [-0.15, -0.1) is 0 Å². The second-order valence-corrected chi connectivity index (χ2v) is 6.46. The molecule has 1 heterocycles. The number of pyridine rings is 1. The third-order valence-corrected chi connectivity index (χ3v) is 3.05. The fraction of sp³-hybridized carbons (Fsp3) is 0.647. The minimum Gasteiger partial charge on any atom is -0.444 e. The summed E-state index contributed by atoms with van der Waals surface area (Å²) >= 11 is 0. The maximum atomic E-state index is 12.2. The van der Waals surface area contributed by atoms with E-state index in [9.17, 15) is 4.79 Å². The SMILES string of the molecule is COCCN(CCNCc1ccc(C)cn1)C(=O)OC(C)(C)C. The predicted molar refractivity (Wildman–Crippen MR) is 90.4 cm³/mol. The topological polar surface area (TPSA) is 63.7 Å². The quantitative estimate of drug-likeness (QED) is 0.744. The lowest BCUT2D eigenvalue weighted by molar-refractivity contribution is 0.0204. The molecule has 23 heavy (non-hydrogen) atoms. The molecular weight excluding hydrogens is 294 g/mol. The Morgan fingerprint density at radius 1 is 1.30 bits per heavy atom. The smallest absolute Gasteiger partial charge is 0.410 e. The second kappa shape index (κ2) is 9.47. The molecule has 0 aliphatic rings. The molecule has 0 aromatic carbocycles. The first-order valence-electron chi connectivity index (χ1n) is 7.91. The monoisotopic (exact) mass is 323 g/mol. The number of nitrogens with zero attached hydrogens (tertiary/aromatic N) is 2. The van der Waals surface area contributed by atoms with Gasteiger partial charge >= 0.3 is 6.09 Å². The Morgan fingerprint density at radius 2 is 2.04 bits per heavy atom. The molecule has 130 valence electrons. The summed E-state index contributed by atoms with van der Waals surface area (Å²) in [6, 6.07) is 4.04. The number of ether oxygens (including phenoxy) is 2. The fourth-order valence-electron chi connectivity index (χ4n) is 1.86. The van der Waals surface area contributed by atoms with E-state index in [2.05, 4.69) is 10.3 Å². The van der Waals surface area contributed by atoms with E-state index in [1.165, 1.54) is 0 Å². The van der Waals surface area contributed by atoms with Gasteiger partial charge in [0.15, 0.2) is 0 Å². The Labute approximate surface area is 139 Å². The molecule has 0 aliphatic heterocycles. The molecule has 1 rings (SSSR count). The van der Waals surface area contributed by atoms with Gasteiger partial charge in [0, 0.05) is 39.5 Å². The number of hydrogen-bond donors (Lipinski definition) is 1. The lowest BCUT2D eigenvalue weighted by Crippen LogP contribution is -2.42. The minimum atomic E-state index is -0.498. The van der Waals surface area contributed by atoms with Crippen LogP contribution in [0.15, 0.2) is 18.3 Å². The molecule has 0 bridgehead atoms. The first kappa shape index (κ1) is 19.4. The zero-order valence-corrected chi connectivity index (χ0v) is 14.9. The number of rotatable bonds is 8. The van der Waals surface area contributed by atoms with Gasteiger partial charge < -0.3 is 19.7 Å². The largest absolute Gasteiger partial charge is 0.444 e. The zero-order valence-electron chi connectivity index (χ0n) is 14.9. The fourth-order valence-corrected chi connectivity index (χ4v) is 1.86. The first-order valence-corrected chi connectivity index (χ1v) is 7.91. The van der Waals surface area contributed by atoms with E-state index in [0.29, 0.717) is 32.8 Å². The van der Waals surface area contributed by atoms with E-state index < -0.39 is 5.60 Å². The van der Waals surface area contributed by atoms with Crippen molar-refractivity contribution in [2.45, 2.75) is 39.8 Å². The van der Waals surface area contributed by atoms with Crippen molar-refractivity contribution in [2.24, 2.45) is 0 Å². The molecule has 6 nitrogen and oxygen atoms in total. The highest BCUT2D eigenvalue weighted by molar-refractivity contribution is 5.68. The third kappa shape index (κ3) is 8.52. The summed E-state index contributed by atoms with van der Waals surface area (Å²) in [5, 5.41) is 3.29. The molecule has 0 unspecified atom stereocenters. The van der Waals surface area contributed by atoms with Crippen LogP contribution in [0.2, 0.25) is 0 Å². The van der Waals surface area contributed by atoms with Crippen LogP contribution in [0, 0.1) is 6.92 Å². The minimum absolute atomic E-state index is 0.315. The number of methoxy groups -OCH3 is 1. The molecule has 0 saturated heterocycles. The number of aromatic nitrogens is 1. The second-order valence-electron chi connectivity index (χ2n) is 6.46. The molecule has 0 aliphatic carbocycles. The lowest BCUT2D eigenvalue weighted by Gasteiger charge is -2.27. The van der Waals surface area contributed by atoms with Crippen molar-refractivity contribution in [3.8, 4) is 0 Å². The molecular formula is C17H29N3O3. The Hall–Kier alpha value is -1.66. The van der Waals surface area contributed by atoms with Crippen LogP contribution in [0.25, 0.3) is 0 Å². The molecule has 1 N–H and O–H groups in total. The van der Waals surface area contributed by atoms with Gasteiger partial charge in [-0.3, -0.25) is 4.98 Å². The Morgan fingerprint density at radius 3 is 2.61 bits per heavy atom. The summed E-state index contributed by atoms with van der Waals surface area (Å²) < 4.78 is 10.5. The van der Waals surface area contributed by atoms with Crippen molar-refractivity contribution in [1.82, 2.24) is 15.2 Å². The van der Waals surface area contributed by atoms with Crippen LogP contribution >= 0.6 is 0 Å². The van der Waals surface area contributed by atoms with Crippen molar-refractivity contribution in [2.75, 3.05) is 33.4 Å². The standard InChI is InChI=1S/C17H29N3O3/c1-14-6-7-15(19-12-14)13-18-8-9-20(10-11-22-5)16(21)23-17(2,3)4/h6-7,12,18H,8-11,13H2,1-5H3. The van der Waals surface area contributed by atoms with Crippen LogP contribution in [-0.2, 0) is 16.0 Å². The van der Waals surface area contributed by atoms with Crippen LogP contribution in [0.4, 0.5) is 4.79 Å². The molecule has 0 saturated carbocycles. The van der Waals surface area contributed by atoms with Crippen LogP contribution < -0.4 is 5.32 Å². The van der Waals surface area contributed by atoms with E-state index in [1.54, 1.807) is 12.0 Å². The van der Waals surface area contributed by atoms with Gasteiger partial charge in [0.25, 0.3) is 0 Å². The summed E-state index contributed by atoms with van der Waals surface area (Å²) in [6.45, 7) is 10.5. The Balaban J connectivity index is 2.41. The number of hydrogen-bond acceptors (Lipinski definition) is 5.